The van der Waals surface area contributed by atoms with Gasteiger partial charge in [0.25, 0.3) is 5.56 Å². The van der Waals surface area contributed by atoms with Crippen LogP contribution in [0.3, 0.4) is 0 Å². The maximum Gasteiger partial charge on any atom is 0.303 e. The van der Waals surface area contributed by atoms with Gasteiger partial charge in [0, 0.05) is 29.7 Å². The summed E-state index contributed by atoms with van der Waals surface area (Å²) >= 11 is 3.26. The van der Waals surface area contributed by atoms with E-state index in [4.69, 9.17) is 5.11 Å². The summed E-state index contributed by atoms with van der Waals surface area (Å²) in [5.41, 5.74) is -0.211. The van der Waals surface area contributed by atoms with E-state index >= 15 is 0 Å². The Labute approximate surface area is 137 Å². The second kappa shape index (κ2) is 10.2. The lowest BCUT2D eigenvalue weighted by Gasteiger charge is -2.07. The first-order valence-electron chi connectivity index (χ1n) is 7.33. The minimum absolute atomic E-state index is 0.0108. The van der Waals surface area contributed by atoms with Crippen molar-refractivity contribution in [3.05, 3.63) is 33.2 Å². The maximum absolute atomic E-state index is 11.7. The first-order chi connectivity index (χ1) is 10.5. The normalized spacial score (nSPS) is 10.4. The lowest BCUT2D eigenvalue weighted by Crippen LogP contribution is -2.32. The molecule has 0 atom stereocenters. The predicted octanol–water partition coefficient (Wildman–Crippen LogP) is 2.15. The highest BCUT2D eigenvalue weighted by Gasteiger charge is 2.04. The summed E-state index contributed by atoms with van der Waals surface area (Å²) in [7, 11) is 0. The van der Waals surface area contributed by atoms with Gasteiger partial charge in [-0.15, -0.1) is 0 Å². The Morgan fingerprint density at radius 3 is 2.55 bits per heavy atom. The molecule has 122 valence electrons. The second-order valence-electron chi connectivity index (χ2n) is 5.07. The van der Waals surface area contributed by atoms with Crippen molar-refractivity contribution >= 4 is 27.8 Å². The van der Waals surface area contributed by atoms with Crippen molar-refractivity contribution in [2.75, 3.05) is 6.54 Å². The largest absolute Gasteiger partial charge is 0.481 e. The average Bonchev–Trinajstić information content (AvgIpc) is 2.45. The molecule has 0 unspecified atom stereocenters. The van der Waals surface area contributed by atoms with Crippen LogP contribution >= 0.6 is 15.9 Å². The molecule has 0 fully saturated rings. The quantitative estimate of drug-likeness (QED) is 0.615. The van der Waals surface area contributed by atoms with Crippen LogP contribution < -0.4 is 10.9 Å². The second-order valence-corrected chi connectivity index (χ2v) is 5.99. The van der Waals surface area contributed by atoms with Gasteiger partial charge in [0.1, 0.15) is 6.54 Å². The number of nitrogens with zero attached hydrogens (tertiary/aromatic N) is 1. The minimum Gasteiger partial charge on any atom is -0.481 e. The van der Waals surface area contributed by atoms with Gasteiger partial charge in [-0.3, -0.25) is 14.4 Å². The monoisotopic (exact) mass is 372 g/mol. The molecule has 1 rings (SSSR count). The Balaban J connectivity index is 2.12. The summed E-state index contributed by atoms with van der Waals surface area (Å²) < 4.78 is 2.10. The molecule has 1 heterocycles. The first kappa shape index (κ1) is 18.4. The topological polar surface area (TPSA) is 88.4 Å². The van der Waals surface area contributed by atoms with E-state index in [1.807, 2.05) is 0 Å². The van der Waals surface area contributed by atoms with Gasteiger partial charge < -0.3 is 15.0 Å². The molecule has 1 aromatic rings. The van der Waals surface area contributed by atoms with Gasteiger partial charge in [-0.05, 0) is 34.8 Å². The summed E-state index contributed by atoms with van der Waals surface area (Å²) in [5.74, 6) is -0.943. The number of pyridine rings is 1. The number of unbranched alkanes of at least 4 members (excludes halogenated alkanes) is 4. The van der Waals surface area contributed by atoms with Crippen LogP contribution in [0.1, 0.15) is 38.5 Å². The van der Waals surface area contributed by atoms with Crippen LogP contribution in [0.25, 0.3) is 0 Å². The van der Waals surface area contributed by atoms with Crippen molar-refractivity contribution in [2.24, 2.45) is 0 Å². The SMILES string of the molecule is O=C(O)CCCCCCCNC(=O)Cn1cc(Br)ccc1=O. The molecule has 0 aliphatic rings. The Hall–Kier alpha value is -1.63. The van der Waals surface area contributed by atoms with Crippen molar-refractivity contribution in [1.82, 2.24) is 9.88 Å². The lowest BCUT2D eigenvalue weighted by atomic mass is 10.1. The summed E-state index contributed by atoms with van der Waals surface area (Å²) in [6.07, 6.45) is 6.18. The van der Waals surface area contributed by atoms with Crippen LogP contribution in [-0.4, -0.2) is 28.1 Å². The van der Waals surface area contributed by atoms with Crippen LogP contribution in [0, 0.1) is 0 Å². The molecule has 0 aliphatic heterocycles. The highest BCUT2D eigenvalue weighted by Crippen LogP contribution is 2.05. The number of amides is 1. The number of hydrogen-bond donors (Lipinski definition) is 2. The molecule has 1 aromatic heterocycles. The summed E-state index contributed by atoms with van der Waals surface area (Å²) in [6, 6.07) is 3.05. The maximum atomic E-state index is 11.7. The van der Waals surface area contributed by atoms with Crippen LogP contribution in [0.2, 0.25) is 0 Å². The number of halogens is 1. The number of carboxylic acid groups (broad SMARTS) is 1. The number of carbonyl (C=O) groups is 2. The molecule has 7 heteroatoms. The number of carboxylic acids is 1. The van der Waals surface area contributed by atoms with Crippen molar-refractivity contribution in [2.45, 2.75) is 45.1 Å². The third kappa shape index (κ3) is 7.97. The molecule has 1 amide bonds. The Bertz CT molecular complexity index is 557. The number of rotatable bonds is 10. The lowest BCUT2D eigenvalue weighted by molar-refractivity contribution is -0.137. The fourth-order valence-electron chi connectivity index (χ4n) is 2.00. The van der Waals surface area contributed by atoms with Crippen LogP contribution in [0.5, 0.6) is 0 Å². The predicted molar refractivity (Wildman–Crippen MR) is 86.7 cm³/mol. The van der Waals surface area contributed by atoms with Crippen molar-refractivity contribution in [1.29, 1.82) is 0 Å². The third-order valence-corrected chi connectivity index (χ3v) is 3.62. The molecule has 0 radical (unpaired) electrons. The standard InChI is InChI=1S/C15H21BrN2O4/c16-12-7-8-14(20)18(10-12)11-13(19)17-9-5-3-1-2-4-6-15(21)22/h7-8,10H,1-6,9,11H2,(H,17,19)(H,21,22). The fraction of sp³-hybridized carbons (Fsp3) is 0.533. The zero-order valence-electron chi connectivity index (χ0n) is 12.4. The van der Waals surface area contributed by atoms with E-state index in [9.17, 15) is 14.4 Å². The summed E-state index contributed by atoms with van der Waals surface area (Å²) in [6.45, 7) is 0.581. The third-order valence-electron chi connectivity index (χ3n) is 3.15. The highest BCUT2D eigenvalue weighted by atomic mass is 79.9. The molecular formula is C15H21BrN2O4. The molecule has 6 nitrogen and oxygen atoms in total. The van der Waals surface area contributed by atoms with Crippen LogP contribution in [-0.2, 0) is 16.1 Å². The van der Waals surface area contributed by atoms with Gasteiger partial charge in [-0.25, -0.2) is 0 Å². The molecule has 0 bridgehead atoms. The van der Waals surface area contributed by atoms with E-state index in [1.54, 1.807) is 12.3 Å². The Morgan fingerprint density at radius 2 is 1.82 bits per heavy atom. The first-order valence-corrected chi connectivity index (χ1v) is 8.13. The molecule has 0 aromatic carbocycles. The van der Waals surface area contributed by atoms with Crippen molar-refractivity contribution in [3.63, 3.8) is 0 Å². The molecule has 22 heavy (non-hydrogen) atoms. The molecule has 2 N–H and O–H groups in total. The van der Waals surface area contributed by atoms with Gasteiger partial charge in [0.2, 0.25) is 5.91 Å². The average molecular weight is 373 g/mol. The smallest absolute Gasteiger partial charge is 0.303 e. The summed E-state index contributed by atoms with van der Waals surface area (Å²) in [4.78, 5) is 33.6. The highest BCUT2D eigenvalue weighted by molar-refractivity contribution is 9.10. The number of nitrogens with one attached hydrogen (secondary N) is 1. The zero-order valence-corrected chi connectivity index (χ0v) is 14.0. The number of aliphatic carboxylic acids is 1. The van der Waals surface area contributed by atoms with E-state index in [0.29, 0.717) is 13.0 Å². The van der Waals surface area contributed by atoms with E-state index in [-0.39, 0.29) is 24.4 Å². The van der Waals surface area contributed by atoms with E-state index < -0.39 is 5.97 Å². The van der Waals surface area contributed by atoms with Gasteiger partial charge in [0.05, 0.1) is 0 Å². The Morgan fingerprint density at radius 1 is 1.14 bits per heavy atom. The number of aromatic nitrogens is 1. The van der Waals surface area contributed by atoms with E-state index in [0.717, 1.165) is 30.2 Å². The Kier molecular flexibility index (Phi) is 8.50. The minimum atomic E-state index is -0.755. The van der Waals surface area contributed by atoms with E-state index in [1.165, 1.54) is 10.6 Å². The molecular weight excluding hydrogens is 352 g/mol. The van der Waals surface area contributed by atoms with Gasteiger partial charge in [-0.1, -0.05) is 19.3 Å². The van der Waals surface area contributed by atoms with Gasteiger partial charge in [0.15, 0.2) is 0 Å². The zero-order chi connectivity index (χ0) is 16.4. The fourth-order valence-corrected chi connectivity index (χ4v) is 2.38. The van der Waals surface area contributed by atoms with E-state index in [2.05, 4.69) is 21.2 Å². The van der Waals surface area contributed by atoms with Crippen LogP contribution in [0.4, 0.5) is 0 Å². The number of hydrogen-bond acceptors (Lipinski definition) is 3. The molecule has 0 saturated carbocycles. The van der Waals surface area contributed by atoms with Crippen molar-refractivity contribution in [3.8, 4) is 0 Å². The number of carbonyl (C=O) groups excluding carboxylic acids is 1. The molecule has 0 saturated heterocycles. The molecule has 0 spiro atoms. The summed E-state index contributed by atoms with van der Waals surface area (Å²) in [5, 5.41) is 11.3. The van der Waals surface area contributed by atoms with Crippen LogP contribution in [0.15, 0.2) is 27.6 Å². The molecule has 0 aliphatic carbocycles. The van der Waals surface area contributed by atoms with Crippen molar-refractivity contribution < 1.29 is 14.7 Å². The van der Waals surface area contributed by atoms with Gasteiger partial charge in [-0.2, -0.15) is 0 Å². The van der Waals surface area contributed by atoms with Gasteiger partial charge >= 0.3 is 5.97 Å².